The Hall–Kier alpha value is -4.89. The first kappa shape index (κ1) is 20.2. The predicted molar refractivity (Wildman–Crippen MR) is 157 cm³/mol. The van der Waals surface area contributed by atoms with Crippen molar-refractivity contribution in [3.05, 3.63) is 132 Å². The third-order valence-electron chi connectivity index (χ3n) is 8.42. The molecule has 0 spiro atoms. The summed E-state index contributed by atoms with van der Waals surface area (Å²) in [7, 11) is 0. The average Bonchev–Trinajstić information content (AvgIpc) is 3.54. The van der Waals surface area contributed by atoms with Gasteiger partial charge in [0, 0.05) is 28.1 Å². The number of benzene rings is 5. The number of aromatic nitrogens is 2. The highest BCUT2D eigenvalue weighted by molar-refractivity contribution is 6.11. The smallest absolute Gasteiger partial charge is 0.146 e. The van der Waals surface area contributed by atoms with Gasteiger partial charge in [0.25, 0.3) is 0 Å². The Morgan fingerprint density at radius 2 is 1.39 bits per heavy atom. The molecule has 0 saturated carbocycles. The van der Waals surface area contributed by atoms with Gasteiger partial charge in [0.15, 0.2) is 0 Å². The van der Waals surface area contributed by atoms with E-state index in [1.54, 1.807) is 0 Å². The van der Waals surface area contributed by atoms with Gasteiger partial charge in [0.1, 0.15) is 11.0 Å². The van der Waals surface area contributed by atoms with Crippen LogP contribution < -0.4 is 15.6 Å². The van der Waals surface area contributed by atoms with Gasteiger partial charge in [-0.3, -0.25) is 4.40 Å². The summed E-state index contributed by atoms with van der Waals surface area (Å²) in [5.74, 6) is 0.285. The van der Waals surface area contributed by atoms with Crippen LogP contribution in [0.3, 0.4) is 0 Å². The highest BCUT2D eigenvalue weighted by Crippen LogP contribution is 2.50. The zero-order chi connectivity index (χ0) is 24.8. The Bertz CT molecular complexity index is 2240. The van der Waals surface area contributed by atoms with E-state index in [9.17, 15) is 0 Å². The van der Waals surface area contributed by atoms with Crippen LogP contribution in [0.2, 0.25) is 0 Å². The van der Waals surface area contributed by atoms with E-state index in [0.29, 0.717) is 0 Å². The monoisotopic (exact) mass is 485 g/mol. The summed E-state index contributed by atoms with van der Waals surface area (Å²) in [6.45, 7) is 0. The maximum absolute atomic E-state index is 5.45. The second-order valence-corrected chi connectivity index (χ2v) is 10.4. The quantitative estimate of drug-likeness (QED) is 0.233. The van der Waals surface area contributed by atoms with Crippen LogP contribution in [0.4, 0.5) is 11.4 Å². The van der Waals surface area contributed by atoms with Crippen LogP contribution in [-0.2, 0) is 0 Å². The summed E-state index contributed by atoms with van der Waals surface area (Å²) in [4.78, 5) is 7.92. The molecule has 5 aromatic carbocycles. The normalized spacial score (nSPS) is 16.2. The zero-order valence-corrected chi connectivity index (χ0v) is 20.7. The summed E-state index contributed by atoms with van der Waals surface area (Å²) in [5, 5.41) is 8.51. The molecule has 0 fully saturated rings. The number of para-hydroxylation sites is 2. The molecule has 1 atom stereocenters. The third-order valence-corrected chi connectivity index (χ3v) is 8.42. The van der Waals surface area contributed by atoms with E-state index in [4.69, 9.17) is 4.98 Å². The molecule has 1 aliphatic heterocycles. The molecule has 0 saturated heterocycles. The number of hydrogen-bond acceptors (Lipinski definition) is 2. The van der Waals surface area contributed by atoms with Crippen LogP contribution in [0.15, 0.2) is 115 Å². The van der Waals surface area contributed by atoms with Crippen LogP contribution in [0.1, 0.15) is 17.9 Å². The molecule has 0 amide bonds. The van der Waals surface area contributed by atoms with Crippen molar-refractivity contribution in [2.24, 2.45) is 0 Å². The molecule has 1 aliphatic carbocycles. The number of hydrogen-bond donors (Lipinski definition) is 0. The zero-order valence-electron chi connectivity index (χ0n) is 20.7. The maximum atomic E-state index is 5.45. The van der Waals surface area contributed by atoms with Crippen molar-refractivity contribution in [2.45, 2.75) is 12.3 Å². The lowest BCUT2D eigenvalue weighted by molar-refractivity contribution is 0.896. The number of rotatable bonds is 1. The molecule has 38 heavy (non-hydrogen) atoms. The average molecular weight is 486 g/mol. The van der Waals surface area contributed by atoms with Crippen molar-refractivity contribution < 1.29 is 0 Å². The Morgan fingerprint density at radius 3 is 2.32 bits per heavy atom. The van der Waals surface area contributed by atoms with E-state index in [-0.39, 0.29) is 5.92 Å². The van der Waals surface area contributed by atoms with Crippen molar-refractivity contribution in [3.63, 3.8) is 0 Å². The van der Waals surface area contributed by atoms with Gasteiger partial charge in [-0.05, 0) is 52.4 Å². The summed E-state index contributed by atoms with van der Waals surface area (Å²) >= 11 is 0. The number of imidazole rings is 1. The highest BCUT2D eigenvalue weighted by Gasteiger charge is 2.37. The fourth-order valence-corrected chi connectivity index (χ4v) is 6.80. The van der Waals surface area contributed by atoms with Gasteiger partial charge in [-0.2, -0.15) is 0 Å². The standard InChI is InChI=1S/C35H23N3/c1-2-10-23-21-24(18-17-22(23)9-1)37-30-15-7-6-13-27(30)28-19-20-32-33(34(28)37)36-35-29-14-4-3-11-25(29)26-12-5-8-16-31(26)38(32)35/h1-18,20-21,28H,19H2. The molecule has 7 aromatic rings. The van der Waals surface area contributed by atoms with E-state index in [2.05, 4.69) is 131 Å². The van der Waals surface area contributed by atoms with Gasteiger partial charge in [-0.1, -0.05) is 97.1 Å². The van der Waals surface area contributed by atoms with Crippen LogP contribution in [-0.4, -0.2) is 9.38 Å². The van der Waals surface area contributed by atoms with Crippen molar-refractivity contribution in [1.82, 2.24) is 9.38 Å². The number of fused-ring (bicyclic) bond motifs is 12. The topological polar surface area (TPSA) is 20.5 Å². The van der Waals surface area contributed by atoms with Crippen LogP contribution in [0.5, 0.6) is 0 Å². The van der Waals surface area contributed by atoms with E-state index in [0.717, 1.165) is 17.4 Å². The second-order valence-electron chi connectivity index (χ2n) is 10.4. The van der Waals surface area contributed by atoms with Crippen LogP contribution in [0, 0.1) is 0 Å². The molecule has 0 bridgehead atoms. The summed E-state index contributed by atoms with van der Waals surface area (Å²) in [5.41, 5.74) is 7.35. The van der Waals surface area contributed by atoms with Crippen LogP contribution in [0.25, 0.3) is 49.9 Å². The third kappa shape index (κ3) is 2.55. The summed E-state index contributed by atoms with van der Waals surface area (Å²) < 4.78 is 2.39. The SMILES string of the molecule is C1=c2c(nc3c4ccccc4c4ccccc4n23)=C2C(C1)c1ccccc1N2c1ccc2ccccc2c1. The minimum absolute atomic E-state index is 0.285. The predicted octanol–water partition coefficient (Wildman–Crippen LogP) is 7.02. The Labute approximate surface area is 219 Å². The van der Waals surface area contributed by atoms with Crippen molar-refractivity contribution in [1.29, 1.82) is 0 Å². The van der Waals surface area contributed by atoms with Gasteiger partial charge in [0.2, 0.25) is 0 Å². The Morgan fingerprint density at radius 1 is 0.658 bits per heavy atom. The first-order valence-corrected chi connectivity index (χ1v) is 13.3. The van der Waals surface area contributed by atoms with Crippen molar-refractivity contribution in [3.8, 4) is 0 Å². The van der Waals surface area contributed by atoms with E-state index >= 15 is 0 Å². The summed E-state index contributed by atoms with van der Waals surface area (Å²) in [6.07, 6.45) is 3.36. The van der Waals surface area contributed by atoms with E-state index < -0.39 is 0 Å². The van der Waals surface area contributed by atoms with Gasteiger partial charge in [0.05, 0.1) is 16.6 Å². The fourth-order valence-electron chi connectivity index (χ4n) is 6.80. The Balaban J connectivity index is 1.45. The molecule has 2 aliphatic rings. The molecular formula is C35H23N3. The molecule has 2 aromatic heterocycles. The lowest BCUT2D eigenvalue weighted by atomic mass is 9.92. The van der Waals surface area contributed by atoms with Crippen LogP contribution >= 0.6 is 0 Å². The molecule has 0 N–H and O–H groups in total. The molecule has 3 heteroatoms. The van der Waals surface area contributed by atoms with Crippen molar-refractivity contribution in [2.75, 3.05) is 4.90 Å². The second kappa shape index (κ2) is 7.33. The Kier molecular flexibility index (Phi) is 3.90. The molecule has 3 heterocycles. The minimum atomic E-state index is 0.285. The lowest BCUT2D eigenvalue weighted by Gasteiger charge is -2.24. The molecule has 1 unspecified atom stereocenters. The van der Waals surface area contributed by atoms with Gasteiger partial charge in [-0.15, -0.1) is 0 Å². The lowest BCUT2D eigenvalue weighted by Crippen LogP contribution is -2.37. The largest absolute Gasteiger partial charge is 0.311 e. The molecule has 3 nitrogen and oxygen atoms in total. The molecular weight excluding hydrogens is 462 g/mol. The van der Waals surface area contributed by atoms with Gasteiger partial charge >= 0.3 is 0 Å². The number of pyridine rings is 1. The van der Waals surface area contributed by atoms with Gasteiger partial charge < -0.3 is 4.90 Å². The van der Waals surface area contributed by atoms with Crippen molar-refractivity contribution >= 4 is 61.2 Å². The molecule has 178 valence electrons. The van der Waals surface area contributed by atoms with E-state index in [1.165, 1.54) is 60.4 Å². The molecule has 0 radical (unpaired) electrons. The fraction of sp³-hybridized carbons (Fsp3) is 0.0571. The molecule has 9 rings (SSSR count). The van der Waals surface area contributed by atoms with Gasteiger partial charge in [-0.25, -0.2) is 4.98 Å². The van der Waals surface area contributed by atoms with E-state index in [1.807, 2.05) is 0 Å². The first-order chi connectivity index (χ1) is 18.9. The minimum Gasteiger partial charge on any atom is -0.311 e. The first-order valence-electron chi connectivity index (χ1n) is 13.3. The highest BCUT2D eigenvalue weighted by atomic mass is 15.2. The number of nitrogens with zero attached hydrogens (tertiary/aromatic N) is 3. The number of anilines is 2. The summed E-state index contributed by atoms with van der Waals surface area (Å²) in [6, 6.07) is 41.7. The maximum Gasteiger partial charge on any atom is 0.146 e.